The summed E-state index contributed by atoms with van der Waals surface area (Å²) in [5.41, 5.74) is 1.05. The largest absolute Gasteiger partial charge is 0.354 e. The molecule has 1 saturated heterocycles. The Kier molecular flexibility index (Phi) is 4.81. The molecule has 2 heterocycles. The van der Waals surface area contributed by atoms with Crippen LogP contribution in [0.1, 0.15) is 18.9 Å². The zero-order valence-electron chi connectivity index (χ0n) is 10.6. The predicted molar refractivity (Wildman–Crippen MR) is 78.0 cm³/mol. The van der Waals surface area contributed by atoms with Gasteiger partial charge in [-0.3, -0.25) is 4.79 Å². The van der Waals surface area contributed by atoms with Crippen LogP contribution < -0.4 is 10.6 Å². The molecule has 1 aliphatic rings. The Labute approximate surface area is 124 Å². The van der Waals surface area contributed by atoms with Gasteiger partial charge < -0.3 is 15.5 Å². The van der Waals surface area contributed by atoms with E-state index in [0.717, 1.165) is 15.8 Å². The van der Waals surface area contributed by atoms with E-state index in [1.165, 1.54) is 0 Å². The van der Waals surface area contributed by atoms with Crippen LogP contribution in [0.5, 0.6) is 0 Å². The molecule has 1 aliphatic heterocycles. The van der Waals surface area contributed by atoms with Crippen molar-refractivity contribution in [2.24, 2.45) is 0 Å². The molecule has 3 amide bonds. The van der Waals surface area contributed by atoms with Gasteiger partial charge in [0.2, 0.25) is 5.91 Å². The number of amides is 3. The topological polar surface area (TPSA) is 61.4 Å². The lowest BCUT2D eigenvalue weighted by Gasteiger charge is -2.25. The maximum Gasteiger partial charge on any atom is 0.318 e. The Balaban J connectivity index is 1.95. The molecular formula is C12H16BrN3O2S. The van der Waals surface area contributed by atoms with Crippen LogP contribution >= 0.6 is 27.3 Å². The minimum absolute atomic E-state index is 0.0932. The molecular weight excluding hydrogens is 330 g/mol. The van der Waals surface area contributed by atoms with E-state index in [9.17, 15) is 9.59 Å². The zero-order valence-corrected chi connectivity index (χ0v) is 13.0. The second-order valence-corrected chi connectivity index (χ2v) is 6.63. The number of nitrogens with zero attached hydrogens (tertiary/aromatic N) is 1. The van der Waals surface area contributed by atoms with Crippen molar-refractivity contribution in [3.05, 3.63) is 20.8 Å². The van der Waals surface area contributed by atoms with Gasteiger partial charge in [-0.15, -0.1) is 11.3 Å². The number of thiophene rings is 1. The Hall–Kier alpha value is -1.08. The van der Waals surface area contributed by atoms with Gasteiger partial charge in [-0.05, 0) is 46.3 Å². The minimum Gasteiger partial charge on any atom is -0.354 e. The van der Waals surface area contributed by atoms with Gasteiger partial charge in [-0.1, -0.05) is 0 Å². The van der Waals surface area contributed by atoms with Crippen molar-refractivity contribution in [1.29, 1.82) is 0 Å². The maximum atomic E-state index is 12.1. The van der Waals surface area contributed by atoms with Crippen molar-refractivity contribution in [2.45, 2.75) is 25.9 Å². The fourth-order valence-corrected chi connectivity index (χ4v) is 3.18. The van der Waals surface area contributed by atoms with Gasteiger partial charge in [0.25, 0.3) is 0 Å². The van der Waals surface area contributed by atoms with E-state index in [-0.39, 0.29) is 11.9 Å². The molecule has 0 aliphatic carbocycles. The number of carbonyl (C=O) groups is 2. The number of hydrogen-bond acceptors (Lipinski definition) is 3. The van der Waals surface area contributed by atoms with Crippen molar-refractivity contribution in [3.8, 4) is 0 Å². The monoisotopic (exact) mass is 345 g/mol. The number of nitrogens with one attached hydrogen (secondary N) is 2. The average Bonchev–Trinajstić information content (AvgIpc) is 2.72. The summed E-state index contributed by atoms with van der Waals surface area (Å²) in [5, 5.41) is 7.62. The highest BCUT2D eigenvalue weighted by atomic mass is 79.9. The van der Waals surface area contributed by atoms with Gasteiger partial charge >= 0.3 is 6.03 Å². The highest BCUT2D eigenvalue weighted by molar-refractivity contribution is 9.11. The number of hydrogen-bond donors (Lipinski definition) is 2. The van der Waals surface area contributed by atoms with Crippen LogP contribution in [0.4, 0.5) is 4.79 Å². The molecule has 0 aromatic carbocycles. The number of carbonyl (C=O) groups excluding carboxylic acids is 2. The fourth-order valence-electron chi connectivity index (χ4n) is 1.94. The summed E-state index contributed by atoms with van der Waals surface area (Å²) in [4.78, 5) is 25.4. The van der Waals surface area contributed by atoms with E-state index < -0.39 is 6.04 Å². The molecule has 2 N–H and O–H groups in total. The molecule has 0 saturated carbocycles. The van der Waals surface area contributed by atoms with Gasteiger partial charge in [-0.2, -0.15) is 0 Å². The lowest BCUT2D eigenvalue weighted by molar-refractivity contribution is -0.124. The summed E-state index contributed by atoms with van der Waals surface area (Å²) in [6.45, 7) is 3.44. The lowest BCUT2D eigenvalue weighted by atomic mass is 10.3. The quantitative estimate of drug-likeness (QED) is 0.860. The summed E-state index contributed by atoms with van der Waals surface area (Å²) >= 11 is 5.02. The molecule has 1 atom stereocenters. The van der Waals surface area contributed by atoms with Gasteiger partial charge in [0.05, 0.1) is 3.79 Å². The van der Waals surface area contributed by atoms with Crippen LogP contribution in [-0.2, 0) is 11.3 Å². The highest BCUT2D eigenvalue weighted by Gasteiger charge is 2.27. The molecule has 1 fully saturated rings. The van der Waals surface area contributed by atoms with Crippen molar-refractivity contribution in [1.82, 2.24) is 15.5 Å². The normalized spacial score (nSPS) is 19.8. The van der Waals surface area contributed by atoms with Crippen LogP contribution in [0, 0.1) is 0 Å². The lowest BCUT2D eigenvalue weighted by Crippen LogP contribution is -2.49. The second-order valence-electron chi connectivity index (χ2n) is 4.39. The van der Waals surface area contributed by atoms with Crippen molar-refractivity contribution >= 4 is 39.2 Å². The SMILES string of the molecule is C[C@H]1C(=O)NCCCN1C(=O)NCc1ccsc1Br. The first kappa shape index (κ1) is 14.3. The van der Waals surface area contributed by atoms with Crippen LogP contribution in [0.3, 0.4) is 0 Å². The van der Waals surface area contributed by atoms with Crippen LogP contribution in [0.2, 0.25) is 0 Å². The molecule has 1 aromatic rings. The Bertz CT molecular complexity index is 477. The van der Waals surface area contributed by atoms with E-state index in [1.54, 1.807) is 23.2 Å². The number of rotatable bonds is 2. The summed E-state index contributed by atoms with van der Waals surface area (Å²) < 4.78 is 1.02. The summed E-state index contributed by atoms with van der Waals surface area (Å²) in [6.07, 6.45) is 0.783. The van der Waals surface area contributed by atoms with E-state index in [0.29, 0.717) is 19.6 Å². The molecule has 1 aromatic heterocycles. The van der Waals surface area contributed by atoms with Gasteiger partial charge in [-0.25, -0.2) is 4.79 Å². The van der Waals surface area contributed by atoms with Gasteiger partial charge in [0.15, 0.2) is 0 Å². The molecule has 19 heavy (non-hydrogen) atoms. The van der Waals surface area contributed by atoms with Crippen molar-refractivity contribution in [2.75, 3.05) is 13.1 Å². The molecule has 5 nitrogen and oxygen atoms in total. The van der Waals surface area contributed by atoms with Crippen LogP contribution in [0.15, 0.2) is 15.2 Å². The minimum atomic E-state index is -0.423. The van der Waals surface area contributed by atoms with Crippen molar-refractivity contribution in [3.63, 3.8) is 0 Å². The zero-order chi connectivity index (χ0) is 13.8. The number of halogens is 1. The van der Waals surface area contributed by atoms with E-state index in [1.807, 2.05) is 11.4 Å². The molecule has 0 radical (unpaired) electrons. The third kappa shape index (κ3) is 3.48. The van der Waals surface area contributed by atoms with E-state index in [2.05, 4.69) is 26.6 Å². The highest BCUT2D eigenvalue weighted by Crippen LogP contribution is 2.23. The molecule has 0 bridgehead atoms. The van der Waals surface area contributed by atoms with E-state index >= 15 is 0 Å². The molecule has 0 unspecified atom stereocenters. The molecule has 7 heteroatoms. The average molecular weight is 346 g/mol. The number of urea groups is 1. The second kappa shape index (κ2) is 6.38. The standard InChI is InChI=1S/C12H16BrN3O2S/c1-8-11(17)14-4-2-5-16(8)12(18)15-7-9-3-6-19-10(9)13/h3,6,8H,2,4-5,7H2,1H3,(H,14,17)(H,15,18)/t8-/m0/s1. The first-order chi connectivity index (χ1) is 9.09. The van der Waals surface area contributed by atoms with Crippen LogP contribution in [0.25, 0.3) is 0 Å². The Morgan fingerprint density at radius 1 is 1.68 bits per heavy atom. The first-order valence-electron chi connectivity index (χ1n) is 6.13. The predicted octanol–water partition coefficient (Wildman–Crippen LogP) is 1.93. The summed E-state index contributed by atoms with van der Waals surface area (Å²) in [5.74, 6) is -0.0932. The fraction of sp³-hybridized carbons (Fsp3) is 0.500. The third-order valence-corrected chi connectivity index (χ3v) is 4.92. The van der Waals surface area contributed by atoms with Gasteiger partial charge in [0.1, 0.15) is 6.04 Å². The summed E-state index contributed by atoms with van der Waals surface area (Å²) in [6, 6.07) is 1.35. The molecule has 0 spiro atoms. The molecule has 2 rings (SSSR count). The maximum absolute atomic E-state index is 12.1. The van der Waals surface area contributed by atoms with E-state index in [4.69, 9.17) is 0 Å². The van der Waals surface area contributed by atoms with Crippen molar-refractivity contribution < 1.29 is 9.59 Å². The Morgan fingerprint density at radius 2 is 2.47 bits per heavy atom. The molecule has 104 valence electrons. The summed E-state index contributed by atoms with van der Waals surface area (Å²) in [7, 11) is 0. The van der Waals surface area contributed by atoms with Crippen LogP contribution in [-0.4, -0.2) is 36.0 Å². The Morgan fingerprint density at radius 3 is 3.16 bits per heavy atom. The first-order valence-corrected chi connectivity index (χ1v) is 7.81. The smallest absolute Gasteiger partial charge is 0.318 e. The third-order valence-electron chi connectivity index (χ3n) is 3.11. The van der Waals surface area contributed by atoms with Gasteiger partial charge in [0, 0.05) is 19.6 Å².